The molecule has 0 bridgehead atoms. The quantitative estimate of drug-likeness (QED) is 0.334. The van der Waals surface area contributed by atoms with E-state index in [4.69, 9.17) is 5.73 Å². The number of amides is 1. The smallest absolute Gasteiger partial charge is 0.283 e. The molecule has 0 aliphatic carbocycles. The number of primary amides is 1. The van der Waals surface area contributed by atoms with Gasteiger partial charge in [-0.3, -0.25) is 4.79 Å². The molecule has 1 amide bonds. The Hall–Kier alpha value is -1.25. The van der Waals surface area contributed by atoms with Gasteiger partial charge in [-0.15, -0.1) is 0 Å². The molecule has 0 aliphatic rings. The molecule has 3 nitrogen and oxygen atoms in total. The van der Waals surface area contributed by atoms with Gasteiger partial charge in [0.05, 0.1) is 7.11 Å². The average Bonchev–Trinajstić information content (AvgIpc) is 1.82. The number of rotatable bonds is 3. The fraction of sp³-hybridized carbons (Fsp3) is 0.167. The fourth-order valence-corrected chi connectivity index (χ4v) is 0.358. The minimum Gasteiger partial charge on any atom is -0.491 e. The molecule has 0 aliphatic heterocycles. The van der Waals surface area contributed by atoms with Gasteiger partial charge in [0, 0.05) is 0 Å². The average molecular weight is 127 g/mol. The van der Waals surface area contributed by atoms with Crippen molar-refractivity contribution in [3.8, 4) is 0 Å². The lowest BCUT2D eigenvalue weighted by Crippen LogP contribution is -2.14. The van der Waals surface area contributed by atoms with Crippen LogP contribution in [0.4, 0.5) is 0 Å². The SMILES string of the molecule is C=C/C=C(\OC)C(N)=O. The summed E-state index contributed by atoms with van der Waals surface area (Å²) in [4.78, 5) is 10.3. The standard InChI is InChI=1S/C6H9NO2/c1-3-4-5(9-2)6(7)8/h3-4H,1H2,2H3,(H2,7,8)/b5-4-. The molecule has 0 spiro atoms. The monoisotopic (exact) mass is 127 g/mol. The highest BCUT2D eigenvalue weighted by molar-refractivity contribution is 5.90. The summed E-state index contributed by atoms with van der Waals surface area (Å²) in [6.45, 7) is 3.37. The Labute approximate surface area is 53.8 Å². The van der Waals surface area contributed by atoms with Crippen molar-refractivity contribution in [1.29, 1.82) is 0 Å². The van der Waals surface area contributed by atoms with E-state index >= 15 is 0 Å². The van der Waals surface area contributed by atoms with Crippen LogP contribution in [0.25, 0.3) is 0 Å². The second-order valence-corrected chi connectivity index (χ2v) is 1.33. The summed E-state index contributed by atoms with van der Waals surface area (Å²) in [5.41, 5.74) is 4.85. The third-order valence-electron chi connectivity index (χ3n) is 0.732. The molecule has 0 saturated carbocycles. The molecule has 9 heavy (non-hydrogen) atoms. The van der Waals surface area contributed by atoms with Crippen molar-refractivity contribution in [1.82, 2.24) is 0 Å². The molecule has 0 rings (SSSR count). The Morgan fingerprint density at radius 1 is 1.78 bits per heavy atom. The molecular formula is C6H9NO2. The first-order valence-electron chi connectivity index (χ1n) is 2.39. The van der Waals surface area contributed by atoms with Crippen molar-refractivity contribution in [3.05, 3.63) is 24.5 Å². The van der Waals surface area contributed by atoms with Gasteiger partial charge in [0.1, 0.15) is 0 Å². The number of nitrogens with two attached hydrogens (primary N) is 1. The van der Waals surface area contributed by atoms with Gasteiger partial charge in [-0.05, 0) is 6.08 Å². The predicted molar refractivity (Wildman–Crippen MR) is 34.5 cm³/mol. The van der Waals surface area contributed by atoms with Gasteiger partial charge in [-0.25, -0.2) is 0 Å². The molecule has 0 radical (unpaired) electrons. The third kappa shape index (κ3) is 2.54. The summed E-state index contributed by atoms with van der Waals surface area (Å²) >= 11 is 0. The zero-order valence-electron chi connectivity index (χ0n) is 5.26. The molecule has 0 aromatic rings. The van der Waals surface area contributed by atoms with Crippen LogP contribution < -0.4 is 5.73 Å². The normalized spacial score (nSPS) is 10.6. The summed E-state index contributed by atoms with van der Waals surface area (Å²) in [6.07, 6.45) is 2.84. The van der Waals surface area contributed by atoms with Crippen LogP contribution in [-0.4, -0.2) is 13.0 Å². The van der Waals surface area contributed by atoms with Crippen molar-refractivity contribution in [2.24, 2.45) is 5.73 Å². The van der Waals surface area contributed by atoms with Crippen LogP contribution in [0.5, 0.6) is 0 Å². The van der Waals surface area contributed by atoms with Crippen LogP contribution in [0.15, 0.2) is 24.5 Å². The minimum atomic E-state index is -0.586. The van der Waals surface area contributed by atoms with Gasteiger partial charge in [0.2, 0.25) is 0 Å². The zero-order chi connectivity index (χ0) is 7.28. The fourth-order valence-electron chi connectivity index (χ4n) is 0.358. The highest BCUT2D eigenvalue weighted by Gasteiger charge is 1.99. The van der Waals surface area contributed by atoms with Crippen molar-refractivity contribution >= 4 is 5.91 Å². The molecule has 0 saturated heterocycles. The Kier molecular flexibility index (Phi) is 3.20. The third-order valence-corrected chi connectivity index (χ3v) is 0.732. The Morgan fingerprint density at radius 2 is 2.33 bits per heavy atom. The van der Waals surface area contributed by atoms with E-state index in [1.807, 2.05) is 0 Å². The number of hydrogen-bond donors (Lipinski definition) is 1. The van der Waals surface area contributed by atoms with Gasteiger partial charge < -0.3 is 10.5 Å². The molecule has 0 aromatic heterocycles. The first-order chi connectivity index (χ1) is 4.22. The van der Waals surface area contributed by atoms with Crippen LogP contribution in [0.3, 0.4) is 0 Å². The molecule has 3 heteroatoms. The number of methoxy groups -OCH3 is 1. The van der Waals surface area contributed by atoms with E-state index in [9.17, 15) is 4.79 Å². The maximum Gasteiger partial charge on any atom is 0.283 e. The van der Waals surface area contributed by atoms with Crippen LogP contribution in [0.2, 0.25) is 0 Å². The largest absolute Gasteiger partial charge is 0.491 e. The highest BCUT2D eigenvalue weighted by Crippen LogP contribution is 1.91. The molecule has 0 aromatic carbocycles. The van der Waals surface area contributed by atoms with E-state index in [-0.39, 0.29) is 5.76 Å². The first kappa shape index (κ1) is 7.75. The molecule has 2 N–H and O–H groups in total. The Morgan fingerprint density at radius 3 is 2.44 bits per heavy atom. The summed E-state index contributed by atoms with van der Waals surface area (Å²) in [5, 5.41) is 0. The number of hydrogen-bond acceptors (Lipinski definition) is 2. The van der Waals surface area contributed by atoms with Crippen molar-refractivity contribution < 1.29 is 9.53 Å². The number of allylic oxidation sites excluding steroid dienone is 2. The van der Waals surface area contributed by atoms with E-state index in [0.717, 1.165) is 0 Å². The number of ether oxygens (including phenoxy) is 1. The lowest BCUT2D eigenvalue weighted by molar-refractivity contribution is -0.117. The Bertz CT molecular complexity index is 149. The van der Waals surface area contributed by atoms with E-state index in [1.54, 1.807) is 0 Å². The molecule has 0 heterocycles. The molecule has 0 atom stereocenters. The van der Waals surface area contributed by atoms with Crippen molar-refractivity contribution in [2.75, 3.05) is 7.11 Å². The van der Waals surface area contributed by atoms with Crippen LogP contribution >= 0.6 is 0 Å². The van der Waals surface area contributed by atoms with E-state index in [0.29, 0.717) is 0 Å². The van der Waals surface area contributed by atoms with Gasteiger partial charge in [-0.1, -0.05) is 12.7 Å². The van der Waals surface area contributed by atoms with Crippen molar-refractivity contribution in [2.45, 2.75) is 0 Å². The van der Waals surface area contributed by atoms with Crippen LogP contribution in [-0.2, 0) is 9.53 Å². The molecule has 0 fully saturated rings. The van der Waals surface area contributed by atoms with Gasteiger partial charge in [0.15, 0.2) is 5.76 Å². The highest BCUT2D eigenvalue weighted by atomic mass is 16.5. The molecule has 50 valence electrons. The Balaban J connectivity index is 4.14. The van der Waals surface area contributed by atoms with E-state index < -0.39 is 5.91 Å². The van der Waals surface area contributed by atoms with Crippen molar-refractivity contribution in [3.63, 3.8) is 0 Å². The van der Waals surface area contributed by atoms with Gasteiger partial charge in [0.25, 0.3) is 5.91 Å². The van der Waals surface area contributed by atoms with E-state index in [1.165, 1.54) is 19.3 Å². The predicted octanol–water partition coefficient (Wildman–Crippen LogP) is 0.188. The molecular weight excluding hydrogens is 118 g/mol. The minimum absolute atomic E-state index is 0.116. The van der Waals surface area contributed by atoms with E-state index in [2.05, 4.69) is 11.3 Å². The summed E-state index contributed by atoms with van der Waals surface area (Å²) in [6, 6.07) is 0. The zero-order valence-corrected chi connectivity index (χ0v) is 5.26. The molecule has 0 unspecified atom stereocenters. The second-order valence-electron chi connectivity index (χ2n) is 1.33. The number of carbonyl (C=O) groups excluding carboxylic acids is 1. The summed E-state index contributed by atoms with van der Waals surface area (Å²) < 4.78 is 4.57. The topological polar surface area (TPSA) is 52.3 Å². The van der Waals surface area contributed by atoms with Crippen LogP contribution in [0, 0.1) is 0 Å². The maximum atomic E-state index is 10.3. The van der Waals surface area contributed by atoms with Crippen LogP contribution in [0.1, 0.15) is 0 Å². The maximum absolute atomic E-state index is 10.3. The lowest BCUT2D eigenvalue weighted by Gasteiger charge is -1.96. The second kappa shape index (κ2) is 3.72. The first-order valence-corrected chi connectivity index (χ1v) is 2.39. The number of carbonyl (C=O) groups is 1. The summed E-state index contributed by atoms with van der Waals surface area (Å²) in [7, 11) is 1.38. The van der Waals surface area contributed by atoms with Gasteiger partial charge >= 0.3 is 0 Å². The summed E-state index contributed by atoms with van der Waals surface area (Å²) in [5.74, 6) is -0.470. The van der Waals surface area contributed by atoms with Gasteiger partial charge in [-0.2, -0.15) is 0 Å². The lowest BCUT2D eigenvalue weighted by atomic mass is 10.4.